The summed E-state index contributed by atoms with van der Waals surface area (Å²) in [5.41, 5.74) is 0.873. The summed E-state index contributed by atoms with van der Waals surface area (Å²) in [7, 11) is 0. The Kier molecular flexibility index (Phi) is 4.52. The summed E-state index contributed by atoms with van der Waals surface area (Å²) in [5, 5.41) is 6.34. The summed E-state index contributed by atoms with van der Waals surface area (Å²) in [6, 6.07) is 11.8. The average molecular weight is 313 g/mol. The number of hydrogen-bond acceptors (Lipinski definition) is 3. The molecule has 0 bridgehead atoms. The van der Waals surface area contributed by atoms with Gasteiger partial charge < -0.3 is 14.4 Å². The Morgan fingerprint density at radius 2 is 2.09 bits per heavy atom. The number of aromatic nitrogens is 2. The quantitative estimate of drug-likeness (QED) is 0.761. The molecule has 1 amide bonds. The number of benzene rings is 1. The average Bonchev–Trinajstić information content (AvgIpc) is 3.23. The minimum absolute atomic E-state index is 0.0290. The summed E-state index contributed by atoms with van der Waals surface area (Å²) < 4.78 is 20.2. The monoisotopic (exact) mass is 313 g/mol. The van der Waals surface area contributed by atoms with Gasteiger partial charge in [0.05, 0.1) is 12.2 Å². The van der Waals surface area contributed by atoms with Crippen molar-refractivity contribution in [3.63, 3.8) is 0 Å². The highest BCUT2D eigenvalue weighted by Gasteiger charge is 2.15. The van der Waals surface area contributed by atoms with Gasteiger partial charge in [-0.2, -0.15) is 0 Å². The van der Waals surface area contributed by atoms with Crippen LogP contribution in [0.1, 0.15) is 22.2 Å². The Hall–Kier alpha value is -2.89. The van der Waals surface area contributed by atoms with Gasteiger partial charge >= 0.3 is 0 Å². The van der Waals surface area contributed by atoms with Crippen molar-refractivity contribution in [2.24, 2.45) is 0 Å². The molecule has 5 nitrogen and oxygen atoms in total. The molecule has 1 aromatic carbocycles. The van der Waals surface area contributed by atoms with Crippen LogP contribution in [-0.4, -0.2) is 22.2 Å². The van der Waals surface area contributed by atoms with Crippen molar-refractivity contribution in [3.05, 3.63) is 78.2 Å². The smallest absolute Gasteiger partial charge is 0.289 e. The van der Waals surface area contributed by atoms with Crippen LogP contribution in [0.15, 0.2) is 65.6 Å². The van der Waals surface area contributed by atoms with Gasteiger partial charge in [0.1, 0.15) is 5.82 Å². The van der Waals surface area contributed by atoms with E-state index in [1.165, 1.54) is 24.4 Å². The summed E-state index contributed by atoms with van der Waals surface area (Å²) in [5.74, 6) is -0.416. The first-order valence-electron chi connectivity index (χ1n) is 7.28. The number of carbonyl (C=O) groups is 1. The third-order valence-electron chi connectivity index (χ3n) is 3.57. The van der Waals surface area contributed by atoms with Gasteiger partial charge in [0, 0.05) is 25.0 Å². The van der Waals surface area contributed by atoms with E-state index >= 15 is 0 Å². The van der Waals surface area contributed by atoms with Crippen molar-refractivity contribution in [3.8, 4) is 0 Å². The summed E-state index contributed by atoms with van der Waals surface area (Å²) >= 11 is 0. The molecule has 0 radical (unpaired) electrons. The van der Waals surface area contributed by atoms with Crippen molar-refractivity contribution >= 4 is 5.91 Å². The second-order valence-electron chi connectivity index (χ2n) is 5.20. The van der Waals surface area contributed by atoms with Crippen molar-refractivity contribution in [1.82, 2.24) is 15.0 Å². The Bertz CT molecular complexity index is 754. The molecule has 3 aromatic rings. The van der Waals surface area contributed by atoms with Crippen LogP contribution in [0, 0.1) is 5.82 Å². The first-order chi connectivity index (χ1) is 11.2. The summed E-state index contributed by atoms with van der Waals surface area (Å²) in [6.45, 7) is 0.394. The van der Waals surface area contributed by atoms with E-state index in [0.717, 1.165) is 5.56 Å². The summed E-state index contributed by atoms with van der Waals surface area (Å²) in [4.78, 5) is 12.0. The van der Waals surface area contributed by atoms with Crippen LogP contribution in [0.3, 0.4) is 0 Å². The Balaban J connectivity index is 1.70. The molecule has 0 aliphatic rings. The number of halogens is 1. The number of nitrogens with zero attached hydrogens (tertiary/aromatic N) is 2. The molecule has 1 atom stereocenters. The molecule has 1 N–H and O–H groups in total. The molecule has 0 saturated carbocycles. The molecule has 0 saturated heterocycles. The van der Waals surface area contributed by atoms with Gasteiger partial charge in [-0.15, -0.1) is 0 Å². The van der Waals surface area contributed by atoms with E-state index in [0.29, 0.717) is 13.0 Å². The van der Waals surface area contributed by atoms with Crippen LogP contribution in [0.5, 0.6) is 0 Å². The Morgan fingerprint density at radius 3 is 2.78 bits per heavy atom. The standard InChI is InChI=1S/C17H16FN3O2/c18-14-5-3-4-13(10-14)11-15(21-8-1-2-9-21)12-19-17(22)16-6-7-20-23-16/h1-10,15H,11-12H2,(H,19,22)/t15-/m0/s1. The van der Waals surface area contributed by atoms with Gasteiger partial charge in [0.25, 0.3) is 5.91 Å². The molecule has 2 heterocycles. The highest BCUT2D eigenvalue weighted by atomic mass is 19.1. The number of hydrogen-bond donors (Lipinski definition) is 1. The first-order valence-corrected chi connectivity index (χ1v) is 7.28. The molecule has 0 fully saturated rings. The number of amides is 1. The van der Waals surface area contributed by atoms with Crippen LogP contribution in [0.4, 0.5) is 4.39 Å². The van der Waals surface area contributed by atoms with E-state index in [9.17, 15) is 9.18 Å². The molecular weight excluding hydrogens is 297 g/mol. The van der Waals surface area contributed by atoms with Crippen molar-refractivity contribution in [2.45, 2.75) is 12.5 Å². The van der Waals surface area contributed by atoms with Gasteiger partial charge in [-0.1, -0.05) is 17.3 Å². The summed E-state index contributed by atoms with van der Waals surface area (Å²) in [6.07, 6.45) is 5.86. The number of rotatable bonds is 6. The van der Waals surface area contributed by atoms with Crippen molar-refractivity contribution in [2.75, 3.05) is 6.54 Å². The Morgan fingerprint density at radius 1 is 1.26 bits per heavy atom. The maximum absolute atomic E-state index is 13.4. The molecule has 0 aliphatic heterocycles. The predicted molar refractivity (Wildman–Crippen MR) is 82.4 cm³/mol. The lowest BCUT2D eigenvalue weighted by molar-refractivity contribution is 0.0910. The lowest BCUT2D eigenvalue weighted by Gasteiger charge is -2.19. The fraction of sp³-hybridized carbons (Fsp3) is 0.176. The van der Waals surface area contributed by atoms with E-state index in [1.54, 1.807) is 6.07 Å². The zero-order chi connectivity index (χ0) is 16.1. The molecule has 0 spiro atoms. The maximum Gasteiger partial charge on any atom is 0.289 e. The molecular formula is C17H16FN3O2. The topological polar surface area (TPSA) is 60.1 Å². The van der Waals surface area contributed by atoms with Gasteiger partial charge in [-0.3, -0.25) is 4.79 Å². The SMILES string of the molecule is O=C(NC[C@H](Cc1cccc(F)c1)n1cccc1)c1ccno1. The largest absolute Gasteiger partial charge is 0.351 e. The highest BCUT2D eigenvalue weighted by Crippen LogP contribution is 2.15. The second-order valence-corrected chi connectivity index (χ2v) is 5.20. The third-order valence-corrected chi connectivity index (χ3v) is 3.57. The number of nitrogens with one attached hydrogen (secondary N) is 1. The fourth-order valence-electron chi connectivity index (χ4n) is 2.44. The maximum atomic E-state index is 13.4. The molecule has 2 aromatic heterocycles. The third kappa shape index (κ3) is 3.85. The van der Waals surface area contributed by atoms with E-state index in [4.69, 9.17) is 4.52 Å². The number of carbonyl (C=O) groups excluding carboxylic acids is 1. The van der Waals surface area contributed by atoms with Gasteiger partial charge in [-0.25, -0.2) is 4.39 Å². The van der Waals surface area contributed by atoms with Crippen LogP contribution in [-0.2, 0) is 6.42 Å². The van der Waals surface area contributed by atoms with Gasteiger partial charge in [0.15, 0.2) is 0 Å². The predicted octanol–water partition coefficient (Wildman–Crippen LogP) is 2.83. The zero-order valence-electron chi connectivity index (χ0n) is 12.4. The van der Waals surface area contributed by atoms with E-state index in [-0.39, 0.29) is 23.5 Å². The minimum Gasteiger partial charge on any atom is -0.351 e. The van der Waals surface area contributed by atoms with Crippen LogP contribution in [0.2, 0.25) is 0 Å². The molecule has 23 heavy (non-hydrogen) atoms. The van der Waals surface area contributed by atoms with Gasteiger partial charge in [0.2, 0.25) is 5.76 Å². The van der Waals surface area contributed by atoms with Crippen molar-refractivity contribution in [1.29, 1.82) is 0 Å². The van der Waals surface area contributed by atoms with Crippen molar-refractivity contribution < 1.29 is 13.7 Å². The normalized spacial score (nSPS) is 12.0. The van der Waals surface area contributed by atoms with E-state index in [2.05, 4.69) is 10.5 Å². The molecule has 0 aliphatic carbocycles. The lowest BCUT2D eigenvalue weighted by Crippen LogP contribution is -2.31. The highest BCUT2D eigenvalue weighted by molar-refractivity contribution is 5.91. The van der Waals surface area contributed by atoms with Gasteiger partial charge in [-0.05, 0) is 36.2 Å². The zero-order valence-corrected chi connectivity index (χ0v) is 12.4. The Labute approximate surface area is 132 Å². The lowest BCUT2D eigenvalue weighted by atomic mass is 10.1. The van der Waals surface area contributed by atoms with E-state index in [1.807, 2.05) is 35.2 Å². The molecule has 3 rings (SSSR count). The second kappa shape index (κ2) is 6.91. The fourth-order valence-corrected chi connectivity index (χ4v) is 2.44. The van der Waals surface area contributed by atoms with Crippen LogP contribution in [0.25, 0.3) is 0 Å². The van der Waals surface area contributed by atoms with E-state index < -0.39 is 0 Å². The molecule has 6 heteroatoms. The minimum atomic E-state index is -0.320. The first kappa shape index (κ1) is 15.0. The van der Waals surface area contributed by atoms with Crippen LogP contribution >= 0.6 is 0 Å². The van der Waals surface area contributed by atoms with Crippen LogP contribution < -0.4 is 5.32 Å². The molecule has 118 valence electrons. The molecule has 0 unspecified atom stereocenters.